The monoisotopic (exact) mass is 246 g/mol. The normalized spacial score (nSPS) is 24.8. The minimum atomic E-state index is 0.0471. The smallest absolute Gasteiger partial charge is 0.223 e. The summed E-state index contributed by atoms with van der Waals surface area (Å²) < 4.78 is 0. The van der Waals surface area contributed by atoms with Crippen molar-refractivity contribution in [3.8, 4) is 0 Å². The van der Waals surface area contributed by atoms with E-state index in [0.29, 0.717) is 5.92 Å². The van der Waals surface area contributed by atoms with Crippen molar-refractivity contribution < 1.29 is 4.79 Å². The van der Waals surface area contributed by atoms with Gasteiger partial charge >= 0.3 is 0 Å². The fourth-order valence-electron chi connectivity index (χ4n) is 2.72. The van der Waals surface area contributed by atoms with E-state index in [1.165, 1.54) is 12.8 Å². The van der Waals surface area contributed by atoms with E-state index in [1.807, 2.05) is 31.2 Å². The first-order chi connectivity index (χ1) is 8.58. The number of rotatable bonds is 3. The molecule has 1 fully saturated rings. The number of amides is 1. The molecule has 0 aromatic heterocycles. The summed E-state index contributed by atoms with van der Waals surface area (Å²) in [6, 6.07) is 7.73. The van der Waals surface area contributed by atoms with Gasteiger partial charge in [-0.1, -0.05) is 25.5 Å². The molecule has 0 radical (unpaired) electrons. The van der Waals surface area contributed by atoms with Gasteiger partial charge < -0.3 is 11.1 Å². The van der Waals surface area contributed by atoms with Gasteiger partial charge in [0.2, 0.25) is 5.91 Å². The third-order valence-corrected chi connectivity index (χ3v) is 3.99. The maximum absolute atomic E-state index is 12.2. The Morgan fingerprint density at radius 2 is 2.00 bits per heavy atom. The Bertz CT molecular complexity index is 413. The molecule has 0 heterocycles. The summed E-state index contributed by atoms with van der Waals surface area (Å²) in [7, 11) is 0. The molecule has 3 N–H and O–H groups in total. The number of nitrogens with one attached hydrogen (secondary N) is 1. The number of anilines is 1. The molecule has 2 rings (SSSR count). The first-order valence-corrected chi connectivity index (χ1v) is 6.73. The molecule has 1 aromatic carbocycles. The number of nitrogen functional groups attached to an aromatic ring is 1. The van der Waals surface area contributed by atoms with Crippen molar-refractivity contribution in [3.63, 3.8) is 0 Å². The lowest BCUT2D eigenvalue weighted by Gasteiger charge is -2.20. The van der Waals surface area contributed by atoms with E-state index in [0.717, 1.165) is 17.7 Å². The zero-order chi connectivity index (χ0) is 13.1. The Kier molecular flexibility index (Phi) is 3.90. The standard InChI is InChI=1S/C15H22N2O/c1-10-4-3-5-14(10)15(18)17-11(2)12-6-8-13(16)9-7-12/h6-11,14H,3-5,16H2,1-2H3,(H,17,18). The first kappa shape index (κ1) is 12.9. The third-order valence-electron chi connectivity index (χ3n) is 3.99. The Morgan fingerprint density at radius 1 is 1.33 bits per heavy atom. The minimum absolute atomic E-state index is 0.0471. The number of nitrogens with two attached hydrogens (primary N) is 1. The first-order valence-electron chi connectivity index (χ1n) is 6.73. The lowest BCUT2D eigenvalue weighted by molar-refractivity contribution is -0.126. The van der Waals surface area contributed by atoms with E-state index >= 15 is 0 Å². The van der Waals surface area contributed by atoms with Gasteiger partial charge in [0.1, 0.15) is 0 Å². The Balaban J connectivity index is 1.96. The van der Waals surface area contributed by atoms with Gasteiger partial charge in [0.25, 0.3) is 0 Å². The topological polar surface area (TPSA) is 55.1 Å². The van der Waals surface area contributed by atoms with E-state index in [4.69, 9.17) is 5.73 Å². The predicted octanol–water partition coefficient (Wildman–Crippen LogP) is 2.88. The Labute approximate surface area is 109 Å². The van der Waals surface area contributed by atoms with Crippen molar-refractivity contribution in [3.05, 3.63) is 29.8 Å². The summed E-state index contributed by atoms with van der Waals surface area (Å²) in [5.74, 6) is 0.911. The van der Waals surface area contributed by atoms with Crippen molar-refractivity contribution in [2.75, 3.05) is 5.73 Å². The van der Waals surface area contributed by atoms with Crippen LogP contribution in [0.2, 0.25) is 0 Å². The van der Waals surface area contributed by atoms with Crippen LogP contribution in [0.3, 0.4) is 0 Å². The van der Waals surface area contributed by atoms with Crippen LogP contribution < -0.4 is 11.1 Å². The van der Waals surface area contributed by atoms with Crippen molar-refractivity contribution in [2.45, 2.75) is 39.2 Å². The second kappa shape index (κ2) is 5.42. The van der Waals surface area contributed by atoms with Crippen molar-refractivity contribution in [2.24, 2.45) is 11.8 Å². The maximum Gasteiger partial charge on any atom is 0.223 e. The highest BCUT2D eigenvalue weighted by Gasteiger charge is 2.30. The van der Waals surface area contributed by atoms with E-state index < -0.39 is 0 Å². The average Bonchev–Trinajstić information content (AvgIpc) is 2.76. The van der Waals surface area contributed by atoms with Crippen molar-refractivity contribution in [1.29, 1.82) is 0 Å². The van der Waals surface area contributed by atoms with E-state index in [9.17, 15) is 4.79 Å². The third kappa shape index (κ3) is 2.84. The molecule has 3 atom stereocenters. The van der Waals surface area contributed by atoms with E-state index in [-0.39, 0.29) is 17.9 Å². The highest BCUT2D eigenvalue weighted by atomic mass is 16.1. The molecule has 1 aliphatic rings. The van der Waals surface area contributed by atoms with Crippen LogP contribution >= 0.6 is 0 Å². The molecule has 3 nitrogen and oxygen atoms in total. The van der Waals surface area contributed by atoms with Gasteiger partial charge in [-0.05, 0) is 43.4 Å². The van der Waals surface area contributed by atoms with Crippen LogP contribution in [-0.2, 0) is 4.79 Å². The summed E-state index contributed by atoms with van der Waals surface area (Å²) in [5, 5.41) is 3.11. The van der Waals surface area contributed by atoms with Gasteiger partial charge in [0.15, 0.2) is 0 Å². The number of hydrogen-bond donors (Lipinski definition) is 2. The predicted molar refractivity (Wildman–Crippen MR) is 73.9 cm³/mol. The molecule has 0 saturated heterocycles. The molecule has 1 amide bonds. The van der Waals surface area contributed by atoms with Crippen LogP contribution in [0.15, 0.2) is 24.3 Å². The fourth-order valence-corrected chi connectivity index (χ4v) is 2.72. The van der Waals surface area contributed by atoms with Crippen LogP contribution in [0.25, 0.3) is 0 Å². The second-order valence-corrected chi connectivity index (χ2v) is 5.41. The van der Waals surface area contributed by atoms with E-state index in [1.54, 1.807) is 0 Å². The highest BCUT2D eigenvalue weighted by molar-refractivity contribution is 5.79. The molecular formula is C15H22N2O. The Hall–Kier alpha value is -1.51. The van der Waals surface area contributed by atoms with Gasteiger partial charge in [0, 0.05) is 11.6 Å². The number of carbonyl (C=O) groups is 1. The van der Waals surface area contributed by atoms with Gasteiger partial charge in [0.05, 0.1) is 6.04 Å². The lowest BCUT2D eigenvalue weighted by atomic mass is 9.96. The van der Waals surface area contributed by atoms with Crippen LogP contribution in [0.5, 0.6) is 0 Å². The molecule has 18 heavy (non-hydrogen) atoms. The molecule has 3 unspecified atom stereocenters. The molecule has 3 heteroatoms. The number of hydrogen-bond acceptors (Lipinski definition) is 2. The number of carbonyl (C=O) groups excluding carboxylic acids is 1. The second-order valence-electron chi connectivity index (χ2n) is 5.41. The molecule has 0 aliphatic heterocycles. The zero-order valence-corrected chi connectivity index (χ0v) is 11.1. The lowest BCUT2D eigenvalue weighted by Crippen LogP contribution is -2.33. The zero-order valence-electron chi connectivity index (χ0n) is 11.1. The molecule has 0 bridgehead atoms. The van der Waals surface area contributed by atoms with Gasteiger partial charge in [-0.25, -0.2) is 0 Å². The summed E-state index contributed by atoms with van der Waals surface area (Å²) >= 11 is 0. The largest absolute Gasteiger partial charge is 0.399 e. The summed E-state index contributed by atoms with van der Waals surface area (Å²) in [5.41, 5.74) is 7.51. The van der Waals surface area contributed by atoms with Crippen LogP contribution in [0.1, 0.15) is 44.7 Å². The molecule has 1 saturated carbocycles. The number of benzene rings is 1. The summed E-state index contributed by atoms with van der Waals surface area (Å²) in [4.78, 5) is 12.2. The maximum atomic E-state index is 12.2. The average molecular weight is 246 g/mol. The van der Waals surface area contributed by atoms with Crippen molar-refractivity contribution in [1.82, 2.24) is 5.32 Å². The van der Waals surface area contributed by atoms with Crippen LogP contribution in [-0.4, -0.2) is 5.91 Å². The molecule has 1 aliphatic carbocycles. The fraction of sp³-hybridized carbons (Fsp3) is 0.533. The van der Waals surface area contributed by atoms with Gasteiger partial charge in [-0.3, -0.25) is 4.79 Å². The summed E-state index contributed by atoms with van der Waals surface area (Å²) in [6.45, 7) is 4.19. The molecular weight excluding hydrogens is 224 g/mol. The summed E-state index contributed by atoms with van der Waals surface area (Å²) in [6.07, 6.45) is 3.38. The SMILES string of the molecule is CC(NC(=O)C1CCCC1C)c1ccc(N)cc1. The van der Waals surface area contributed by atoms with Gasteiger partial charge in [-0.15, -0.1) is 0 Å². The Morgan fingerprint density at radius 3 is 2.56 bits per heavy atom. The molecule has 98 valence electrons. The van der Waals surface area contributed by atoms with Crippen molar-refractivity contribution >= 4 is 11.6 Å². The highest BCUT2D eigenvalue weighted by Crippen LogP contribution is 2.31. The molecule has 0 spiro atoms. The van der Waals surface area contributed by atoms with E-state index in [2.05, 4.69) is 12.2 Å². The van der Waals surface area contributed by atoms with Crippen LogP contribution in [0.4, 0.5) is 5.69 Å². The van der Waals surface area contributed by atoms with Crippen LogP contribution in [0, 0.1) is 11.8 Å². The molecule has 1 aromatic rings. The quantitative estimate of drug-likeness (QED) is 0.806. The van der Waals surface area contributed by atoms with Gasteiger partial charge in [-0.2, -0.15) is 0 Å². The minimum Gasteiger partial charge on any atom is -0.399 e.